The van der Waals surface area contributed by atoms with Crippen LogP contribution in [0.15, 0.2) is 24.3 Å². The van der Waals surface area contributed by atoms with Gasteiger partial charge in [-0.2, -0.15) is 5.10 Å². The van der Waals surface area contributed by atoms with Crippen LogP contribution in [-0.2, 0) is 7.05 Å². The SMILES string of the molecule is C[C@@H]1CN(C(=O)Nc2cc(-c3cc(F)cc(F)c3)nn2C)C[C@H](C)N1. The number of benzene rings is 1. The summed E-state index contributed by atoms with van der Waals surface area (Å²) < 4.78 is 28.3. The quantitative estimate of drug-likeness (QED) is 0.876. The summed E-state index contributed by atoms with van der Waals surface area (Å²) in [6, 6.07) is 5.02. The van der Waals surface area contributed by atoms with Crippen molar-refractivity contribution in [2.45, 2.75) is 25.9 Å². The maximum atomic E-state index is 13.4. The largest absolute Gasteiger partial charge is 0.323 e. The lowest BCUT2D eigenvalue weighted by Crippen LogP contribution is -2.56. The van der Waals surface area contributed by atoms with Gasteiger partial charge in [0, 0.05) is 49.9 Å². The Kier molecular flexibility index (Phi) is 4.71. The van der Waals surface area contributed by atoms with Crippen LogP contribution in [0.4, 0.5) is 19.4 Å². The predicted molar refractivity (Wildman–Crippen MR) is 91.2 cm³/mol. The first-order chi connectivity index (χ1) is 11.8. The highest BCUT2D eigenvalue weighted by Gasteiger charge is 2.25. The summed E-state index contributed by atoms with van der Waals surface area (Å²) in [6.45, 7) is 5.26. The van der Waals surface area contributed by atoms with E-state index in [2.05, 4.69) is 15.7 Å². The van der Waals surface area contributed by atoms with Crippen molar-refractivity contribution in [2.75, 3.05) is 18.4 Å². The topological polar surface area (TPSA) is 62.2 Å². The third-order valence-electron chi connectivity index (χ3n) is 4.12. The van der Waals surface area contributed by atoms with Crippen LogP contribution < -0.4 is 10.6 Å². The number of nitrogens with zero attached hydrogens (tertiary/aromatic N) is 3. The number of anilines is 1. The third kappa shape index (κ3) is 3.96. The zero-order chi connectivity index (χ0) is 18.1. The summed E-state index contributed by atoms with van der Waals surface area (Å²) in [5.74, 6) is -0.881. The molecule has 0 saturated carbocycles. The minimum absolute atomic E-state index is 0.215. The second-order valence-electron chi connectivity index (χ2n) is 6.50. The van der Waals surface area contributed by atoms with Gasteiger partial charge in [-0.15, -0.1) is 0 Å². The van der Waals surface area contributed by atoms with Crippen LogP contribution in [-0.4, -0.2) is 45.9 Å². The number of rotatable bonds is 2. The number of carbonyl (C=O) groups is 1. The van der Waals surface area contributed by atoms with Gasteiger partial charge >= 0.3 is 6.03 Å². The third-order valence-corrected chi connectivity index (χ3v) is 4.12. The van der Waals surface area contributed by atoms with Crippen molar-refractivity contribution in [1.29, 1.82) is 0 Å². The highest BCUT2D eigenvalue weighted by molar-refractivity contribution is 5.89. The Labute approximate surface area is 144 Å². The molecule has 134 valence electrons. The molecule has 0 bridgehead atoms. The van der Waals surface area contributed by atoms with Crippen molar-refractivity contribution in [3.05, 3.63) is 35.9 Å². The molecule has 3 rings (SSSR count). The molecule has 1 saturated heterocycles. The van der Waals surface area contributed by atoms with Crippen LogP contribution >= 0.6 is 0 Å². The zero-order valence-electron chi connectivity index (χ0n) is 14.4. The summed E-state index contributed by atoms with van der Waals surface area (Å²) in [5, 5.41) is 10.4. The van der Waals surface area contributed by atoms with E-state index in [-0.39, 0.29) is 18.1 Å². The van der Waals surface area contributed by atoms with Gasteiger partial charge in [0.2, 0.25) is 0 Å². The first-order valence-corrected chi connectivity index (χ1v) is 8.14. The molecule has 1 aliphatic heterocycles. The van der Waals surface area contributed by atoms with Crippen LogP contribution in [0.5, 0.6) is 0 Å². The Morgan fingerprint density at radius 3 is 2.36 bits per heavy atom. The van der Waals surface area contributed by atoms with Crippen molar-refractivity contribution in [2.24, 2.45) is 7.05 Å². The molecule has 2 heterocycles. The fraction of sp³-hybridized carbons (Fsp3) is 0.412. The average Bonchev–Trinajstić information content (AvgIpc) is 2.86. The second kappa shape index (κ2) is 6.79. The molecule has 25 heavy (non-hydrogen) atoms. The molecule has 2 aromatic rings. The summed E-state index contributed by atoms with van der Waals surface area (Å²) in [6.07, 6.45) is 0. The van der Waals surface area contributed by atoms with Crippen molar-refractivity contribution < 1.29 is 13.6 Å². The van der Waals surface area contributed by atoms with Gasteiger partial charge in [0.15, 0.2) is 0 Å². The maximum Gasteiger partial charge on any atom is 0.323 e. The molecule has 1 fully saturated rings. The number of aromatic nitrogens is 2. The molecule has 8 heteroatoms. The van der Waals surface area contributed by atoms with Gasteiger partial charge in [-0.05, 0) is 26.0 Å². The Morgan fingerprint density at radius 2 is 1.76 bits per heavy atom. The standard InChI is InChI=1S/C17H21F2N5O/c1-10-8-24(9-11(2)20-10)17(25)21-16-7-15(22-23(16)3)12-4-13(18)6-14(19)5-12/h4-7,10-11,20H,8-9H2,1-3H3,(H,21,25)/t10-,11+. The van der Waals surface area contributed by atoms with Gasteiger partial charge in [-0.1, -0.05) is 0 Å². The normalized spacial score (nSPS) is 20.6. The number of piperazine rings is 1. The monoisotopic (exact) mass is 349 g/mol. The molecule has 1 aromatic heterocycles. The van der Waals surface area contributed by atoms with Gasteiger partial charge in [-0.3, -0.25) is 10.00 Å². The van der Waals surface area contributed by atoms with Crippen LogP contribution in [0.3, 0.4) is 0 Å². The second-order valence-corrected chi connectivity index (χ2v) is 6.50. The number of carbonyl (C=O) groups excluding carboxylic acids is 1. The van der Waals surface area contributed by atoms with Gasteiger partial charge < -0.3 is 10.2 Å². The number of nitrogens with one attached hydrogen (secondary N) is 2. The molecular formula is C17H21F2N5O. The van der Waals surface area contributed by atoms with Crippen LogP contribution in [0.1, 0.15) is 13.8 Å². The van der Waals surface area contributed by atoms with Crippen molar-refractivity contribution in [1.82, 2.24) is 20.0 Å². The Morgan fingerprint density at radius 1 is 1.16 bits per heavy atom. The molecule has 0 aliphatic carbocycles. The van der Waals surface area contributed by atoms with E-state index in [1.165, 1.54) is 16.8 Å². The molecule has 2 atom stereocenters. The fourth-order valence-electron chi connectivity index (χ4n) is 3.11. The van der Waals surface area contributed by atoms with E-state index < -0.39 is 11.6 Å². The van der Waals surface area contributed by atoms with Crippen molar-refractivity contribution in [3.8, 4) is 11.3 Å². The molecule has 1 aromatic carbocycles. The van der Waals surface area contributed by atoms with E-state index in [1.807, 2.05) is 13.8 Å². The first-order valence-electron chi connectivity index (χ1n) is 8.14. The number of hydrogen-bond acceptors (Lipinski definition) is 3. The van der Waals surface area contributed by atoms with E-state index in [4.69, 9.17) is 0 Å². The van der Waals surface area contributed by atoms with Crippen LogP contribution in [0.25, 0.3) is 11.3 Å². The Hall–Kier alpha value is -2.48. The molecule has 2 amide bonds. The number of hydrogen-bond donors (Lipinski definition) is 2. The van der Waals surface area contributed by atoms with Gasteiger partial charge in [0.25, 0.3) is 0 Å². The molecule has 2 N–H and O–H groups in total. The van der Waals surface area contributed by atoms with E-state index in [0.29, 0.717) is 30.2 Å². The zero-order valence-corrected chi connectivity index (χ0v) is 14.4. The Bertz CT molecular complexity index is 761. The average molecular weight is 349 g/mol. The lowest BCUT2D eigenvalue weighted by molar-refractivity contribution is 0.176. The Balaban J connectivity index is 1.77. The van der Waals surface area contributed by atoms with Crippen molar-refractivity contribution >= 4 is 11.8 Å². The summed E-state index contributed by atoms with van der Waals surface area (Å²) in [5.41, 5.74) is 0.705. The molecule has 6 nitrogen and oxygen atoms in total. The molecule has 0 unspecified atom stereocenters. The summed E-state index contributed by atoms with van der Waals surface area (Å²) in [4.78, 5) is 14.2. The van der Waals surface area contributed by atoms with E-state index in [0.717, 1.165) is 6.07 Å². The van der Waals surface area contributed by atoms with Crippen LogP contribution in [0.2, 0.25) is 0 Å². The smallest absolute Gasteiger partial charge is 0.321 e. The van der Waals surface area contributed by atoms with Gasteiger partial charge in [0.1, 0.15) is 17.5 Å². The van der Waals surface area contributed by atoms with Gasteiger partial charge in [0.05, 0.1) is 5.69 Å². The summed E-state index contributed by atoms with van der Waals surface area (Å²) in [7, 11) is 1.66. The molecular weight excluding hydrogens is 328 g/mol. The van der Waals surface area contributed by atoms with E-state index >= 15 is 0 Å². The van der Waals surface area contributed by atoms with Crippen LogP contribution in [0, 0.1) is 11.6 Å². The minimum Gasteiger partial charge on any atom is -0.321 e. The molecule has 1 aliphatic rings. The fourth-order valence-corrected chi connectivity index (χ4v) is 3.11. The number of aryl methyl sites for hydroxylation is 1. The number of amides is 2. The highest BCUT2D eigenvalue weighted by Crippen LogP contribution is 2.23. The maximum absolute atomic E-state index is 13.4. The lowest BCUT2D eigenvalue weighted by Gasteiger charge is -2.36. The lowest BCUT2D eigenvalue weighted by atomic mass is 10.1. The van der Waals surface area contributed by atoms with E-state index in [9.17, 15) is 13.6 Å². The minimum atomic E-state index is -0.671. The highest BCUT2D eigenvalue weighted by atomic mass is 19.1. The first kappa shape index (κ1) is 17.3. The van der Waals surface area contributed by atoms with Crippen molar-refractivity contribution in [3.63, 3.8) is 0 Å². The predicted octanol–water partition coefficient (Wildman–Crippen LogP) is 2.58. The van der Waals surface area contributed by atoms with Gasteiger partial charge in [-0.25, -0.2) is 13.6 Å². The van der Waals surface area contributed by atoms with E-state index in [1.54, 1.807) is 18.0 Å². The number of halogens is 2. The summed E-state index contributed by atoms with van der Waals surface area (Å²) >= 11 is 0. The molecule has 0 radical (unpaired) electrons. The molecule has 0 spiro atoms. The number of urea groups is 1.